The van der Waals surface area contributed by atoms with E-state index in [1.807, 2.05) is 11.3 Å². The molecule has 0 radical (unpaired) electrons. The average Bonchev–Trinajstić information content (AvgIpc) is 2.49. The van der Waals surface area contributed by atoms with Crippen molar-refractivity contribution in [1.82, 2.24) is 5.32 Å². The Hall–Kier alpha value is 0.140. The Bertz CT molecular complexity index is 306. The molecule has 3 heteroatoms. The Morgan fingerprint density at radius 1 is 1.60 bits per heavy atom. The van der Waals surface area contributed by atoms with Crippen LogP contribution in [0.25, 0.3) is 0 Å². The quantitative estimate of drug-likeness (QED) is 0.868. The van der Waals surface area contributed by atoms with Gasteiger partial charge in [-0.05, 0) is 59.1 Å². The van der Waals surface area contributed by atoms with Crippen molar-refractivity contribution in [2.75, 3.05) is 6.54 Å². The first-order valence-corrected chi connectivity index (χ1v) is 7.38. The topological polar surface area (TPSA) is 12.0 Å². The minimum absolute atomic E-state index is 0.737. The molecule has 2 rings (SSSR count). The molecule has 1 unspecified atom stereocenters. The predicted molar refractivity (Wildman–Crippen MR) is 70.5 cm³/mol. The number of thiophene rings is 1. The van der Waals surface area contributed by atoms with Crippen molar-refractivity contribution in [1.29, 1.82) is 0 Å². The van der Waals surface area contributed by atoms with Crippen LogP contribution in [0.3, 0.4) is 0 Å². The highest BCUT2D eigenvalue weighted by atomic mass is 79.9. The number of halogens is 1. The van der Waals surface area contributed by atoms with Crippen LogP contribution in [-0.4, -0.2) is 12.6 Å². The molecule has 84 valence electrons. The van der Waals surface area contributed by atoms with Crippen molar-refractivity contribution < 1.29 is 0 Å². The van der Waals surface area contributed by atoms with Gasteiger partial charge in [-0.1, -0.05) is 13.3 Å². The molecular formula is C12H18BrNS. The van der Waals surface area contributed by atoms with Gasteiger partial charge in [-0.15, -0.1) is 11.3 Å². The van der Waals surface area contributed by atoms with Crippen molar-refractivity contribution in [3.63, 3.8) is 0 Å². The molecule has 0 saturated heterocycles. The predicted octanol–water partition coefficient (Wildman–Crippen LogP) is 3.83. The summed E-state index contributed by atoms with van der Waals surface area (Å²) < 4.78 is 1.28. The first kappa shape index (κ1) is 11.6. The second-order valence-corrected chi connectivity index (χ2v) is 6.39. The van der Waals surface area contributed by atoms with Gasteiger partial charge in [0.25, 0.3) is 0 Å². The van der Waals surface area contributed by atoms with E-state index < -0.39 is 0 Å². The number of nitrogens with one attached hydrogen (secondary N) is 1. The van der Waals surface area contributed by atoms with Crippen molar-refractivity contribution >= 4 is 27.3 Å². The smallest absolute Gasteiger partial charge is 0.0314 e. The van der Waals surface area contributed by atoms with E-state index in [1.165, 1.54) is 35.0 Å². The van der Waals surface area contributed by atoms with Gasteiger partial charge in [-0.25, -0.2) is 0 Å². The molecule has 0 bridgehead atoms. The van der Waals surface area contributed by atoms with Gasteiger partial charge in [0.05, 0.1) is 0 Å². The van der Waals surface area contributed by atoms with Crippen molar-refractivity contribution in [2.24, 2.45) is 5.92 Å². The summed E-state index contributed by atoms with van der Waals surface area (Å²) in [5, 5.41) is 5.80. The van der Waals surface area contributed by atoms with E-state index in [0.717, 1.165) is 18.5 Å². The minimum Gasteiger partial charge on any atom is -0.314 e. The summed E-state index contributed by atoms with van der Waals surface area (Å²) in [7, 11) is 0. The van der Waals surface area contributed by atoms with E-state index in [4.69, 9.17) is 0 Å². The first-order chi connectivity index (χ1) is 7.25. The third-order valence-corrected chi connectivity index (χ3v) is 5.03. The van der Waals surface area contributed by atoms with Crippen LogP contribution >= 0.6 is 27.3 Å². The van der Waals surface area contributed by atoms with Gasteiger partial charge in [0, 0.05) is 15.4 Å². The zero-order chi connectivity index (χ0) is 10.7. The van der Waals surface area contributed by atoms with Crippen LogP contribution < -0.4 is 5.32 Å². The molecule has 1 saturated carbocycles. The Balaban J connectivity index is 1.71. The second kappa shape index (κ2) is 5.46. The summed E-state index contributed by atoms with van der Waals surface area (Å²) in [6.07, 6.45) is 5.38. The zero-order valence-corrected chi connectivity index (χ0v) is 11.5. The van der Waals surface area contributed by atoms with Crippen molar-refractivity contribution in [2.45, 2.75) is 38.6 Å². The molecule has 1 N–H and O–H groups in total. The van der Waals surface area contributed by atoms with Crippen LogP contribution in [0.1, 0.15) is 31.1 Å². The Morgan fingerprint density at radius 2 is 2.40 bits per heavy atom. The van der Waals surface area contributed by atoms with E-state index in [0.29, 0.717) is 0 Å². The highest BCUT2D eigenvalue weighted by Crippen LogP contribution is 2.25. The molecule has 1 aromatic heterocycles. The number of hydrogen-bond donors (Lipinski definition) is 1. The van der Waals surface area contributed by atoms with Crippen LogP contribution in [0.4, 0.5) is 0 Å². The van der Waals surface area contributed by atoms with Crippen molar-refractivity contribution in [3.8, 4) is 0 Å². The van der Waals surface area contributed by atoms with E-state index >= 15 is 0 Å². The summed E-state index contributed by atoms with van der Waals surface area (Å²) in [5.41, 5.74) is 0. The molecule has 1 aliphatic carbocycles. The van der Waals surface area contributed by atoms with Crippen LogP contribution in [-0.2, 0) is 6.42 Å². The molecule has 0 spiro atoms. The van der Waals surface area contributed by atoms with Crippen LogP contribution in [0, 0.1) is 5.92 Å². The molecule has 1 aliphatic rings. The minimum atomic E-state index is 0.737. The fourth-order valence-electron chi connectivity index (χ4n) is 1.84. The fourth-order valence-corrected chi connectivity index (χ4v) is 3.52. The van der Waals surface area contributed by atoms with Gasteiger partial charge >= 0.3 is 0 Å². The summed E-state index contributed by atoms with van der Waals surface area (Å²) in [5.74, 6) is 0.737. The maximum atomic E-state index is 3.64. The monoisotopic (exact) mass is 287 g/mol. The normalized spacial score (nSPS) is 18.8. The molecule has 1 atom stereocenters. The average molecular weight is 288 g/mol. The van der Waals surface area contributed by atoms with Gasteiger partial charge in [0.15, 0.2) is 0 Å². The number of hydrogen-bond acceptors (Lipinski definition) is 2. The summed E-state index contributed by atoms with van der Waals surface area (Å²) in [6, 6.07) is 2.96. The van der Waals surface area contributed by atoms with E-state index in [1.54, 1.807) is 0 Å². The molecule has 15 heavy (non-hydrogen) atoms. The maximum absolute atomic E-state index is 3.64. The summed E-state index contributed by atoms with van der Waals surface area (Å²) >= 11 is 5.45. The SMILES string of the molecule is CC(CNC1CCC1)Cc1sccc1Br. The lowest BCUT2D eigenvalue weighted by molar-refractivity contribution is 0.321. The van der Waals surface area contributed by atoms with E-state index in [9.17, 15) is 0 Å². The van der Waals surface area contributed by atoms with Gasteiger partial charge in [-0.2, -0.15) is 0 Å². The van der Waals surface area contributed by atoms with Crippen LogP contribution in [0.15, 0.2) is 15.9 Å². The van der Waals surface area contributed by atoms with Gasteiger partial charge in [-0.3, -0.25) is 0 Å². The van der Waals surface area contributed by atoms with Crippen LogP contribution in [0.2, 0.25) is 0 Å². The molecule has 1 fully saturated rings. The highest BCUT2D eigenvalue weighted by Gasteiger charge is 2.17. The third kappa shape index (κ3) is 3.30. The molecule has 0 aliphatic heterocycles. The second-order valence-electron chi connectivity index (χ2n) is 4.54. The molecule has 1 nitrogen and oxygen atoms in total. The number of rotatable bonds is 5. The van der Waals surface area contributed by atoms with Crippen LogP contribution in [0.5, 0.6) is 0 Å². The largest absolute Gasteiger partial charge is 0.314 e. The Kier molecular flexibility index (Phi) is 4.23. The van der Waals surface area contributed by atoms with Gasteiger partial charge < -0.3 is 5.32 Å². The fraction of sp³-hybridized carbons (Fsp3) is 0.667. The van der Waals surface area contributed by atoms with Gasteiger partial charge in [0.2, 0.25) is 0 Å². The van der Waals surface area contributed by atoms with Gasteiger partial charge in [0.1, 0.15) is 0 Å². The lowest BCUT2D eigenvalue weighted by Crippen LogP contribution is -2.38. The lowest BCUT2D eigenvalue weighted by atomic mass is 9.92. The molecule has 1 aromatic rings. The molecular weight excluding hydrogens is 270 g/mol. The third-order valence-electron chi connectivity index (χ3n) is 3.09. The van der Waals surface area contributed by atoms with Crippen molar-refractivity contribution in [3.05, 3.63) is 20.8 Å². The summed E-state index contributed by atoms with van der Waals surface area (Å²) in [4.78, 5) is 1.48. The van der Waals surface area contributed by atoms with E-state index in [2.05, 4.69) is 39.6 Å². The first-order valence-electron chi connectivity index (χ1n) is 5.71. The Labute approximate surface area is 104 Å². The highest BCUT2D eigenvalue weighted by molar-refractivity contribution is 9.10. The molecule has 0 amide bonds. The molecule has 1 heterocycles. The zero-order valence-electron chi connectivity index (χ0n) is 9.13. The maximum Gasteiger partial charge on any atom is 0.0314 e. The standard InChI is InChI=1S/C12H18BrNS/c1-9(8-14-10-3-2-4-10)7-12-11(13)5-6-15-12/h5-6,9-10,14H,2-4,7-8H2,1H3. The summed E-state index contributed by atoms with van der Waals surface area (Å²) in [6.45, 7) is 3.49. The lowest BCUT2D eigenvalue weighted by Gasteiger charge is -2.28. The Morgan fingerprint density at radius 3 is 2.93 bits per heavy atom. The van der Waals surface area contributed by atoms with E-state index in [-0.39, 0.29) is 0 Å². The molecule has 0 aromatic carbocycles.